The molecule has 0 aliphatic heterocycles. The fourth-order valence-corrected chi connectivity index (χ4v) is 1.72. The number of amides is 1. The molecule has 0 aliphatic carbocycles. The number of benzene rings is 1. The van der Waals surface area contributed by atoms with Crippen LogP contribution < -0.4 is 5.32 Å². The summed E-state index contributed by atoms with van der Waals surface area (Å²) < 4.78 is 12.7. The predicted molar refractivity (Wildman–Crippen MR) is 69.1 cm³/mol. The molecule has 1 unspecified atom stereocenters. The molecule has 0 bridgehead atoms. The Morgan fingerprint density at radius 1 is 1.32 bits per heavy atom. The molecule has 1 amide bonds. The SMILES string of the molecule is CCC(CNC(=O)Cc1ccc(F)cc1)CC(=O)O. The van der Waals surface area contributed by atoms with Gasteiger partial charge in [-0.15, -0.1) is 0 Å². The van der Waals surface area contributed by atoms with Gasteiger partial charge < -0.3 is 10.4 Å². The van der Waals surface area contributed by atoms with E-state index in [4.69, 9.17) is 5.11 Å². The third-order valence-electron chi connectivity index (χ3n) is 2.91. The van der Waals surface area contributed by atoms with Gasteiger partial charge in [-0.3, -0.25) is 9.59 Å². The summed E-state index contributed by atoms with van der Waals surface area (Å²) >= 11 is 0. The van der Waals surface area contributed by atoms with E-state index in [2.05, 4.69) is 5.32 Å². The first-order valence-electron chi connectivity index (χ1n) is 6.24. The molecule has 1 rings (SSSR count). The van der Waals surface area contributed by atoms with Gasteiger partial charge >= 0.3 is 5.97 Å². The normalized spacial score (nSPS) is 11.9. The number of hydrogen-bond acceptors (Lipinski definition) is 2. The van der Waals surface area contributed by atoms with E-state index in [0.717, 1.165) is 5.56 Å². The van der Waals surface area contributed by atoms with Crippen molar-refractivity contribution in [2.24, 2.45) is 5.92 Å². The third kappa shape index (κ3) is 5.99. The minimum atomic E-state index is -0.861. The lowest BCUT2D eigenvalue weighted by atomic mass is 10.0. The molecule has 5 heteroatoms. The molecule has 0 fully saturated rings. The van der Waals surface area contributed by atoms with Crippen molar-refractivity contribution in [3.8, 4) is 0 Å². The zero-order valence-corrected chi connectivity index (χ0v) is 10.9. The van der Waals surface area contributed by atoms with Crippen LogP contribution in [0.1, 0.15) is 25.3 Å². The summed E-state index contributed by atoms with van der Waals surface area (Å²) in [6.45, 7) is 2.24. The molecule has 104 valence electrons. The molecule has 1 aromatic rings. The van der Waals surface area contributed by atoms with Crippen LogP contribution in [0.2, 0.25) is 0 Å². The molecular weight excluding hydrogens is 249 g/mol. The van der Waals surface area contributed by atoms with E-state index in [1.807, 2.05) is 6.92 Å². The Balaban J connectivity index is 2.38. The van der Waals surface area contributed by atoms with Crippen LogP contribution in [0.4, 0.5) is 4.39 Å². The number of carboxylic acids is 1. The quantitative estimate of drug-likeness (QED) is 0.794. The van der Waals surface area contributed by atoms with Crippen molar-refractivity contribution >= 4 is 11.9 Å². The topological polar surface area (TPSA) is 66.4 Å². The number of aliphatic carboxylic acids is 1. The standard InChI is InChI=1S/C14H18FNO3/c1-2-10(8-14(18)19)9-16-13(17)7-11-3-5-12(15)6-4-11/h3-6,10H,2,7-9H2,1H3,(H,16,17)(H,18,19). The fraction of sp³-hybridized carbons (Fsp3) is 0.429. The Bertz CT molecular complexity index is 431. The average Bonchev–Trinajstić information content (AvgIpc) is 2.37. The third-order valence-corrected chi connectivity index (χ3v) is 2.91. The highest BCUT2D eigenvalue weighted by Gasteiger charge is 2.12. The van der Waals surface area contributed by atoms with Crippen LogP contribution in [-0.2, 0) is 16.0 Å². The van der Waals surface area contributed by atoms with Crippen molar-refractivity contribution < 1.29 is 19.1 Å². The molecule has 19 heavy (non-hydrogen) atoms. The van der Waals surface area contributed by atoms with E-state index < -0.39 is 5.97 Å². The van der Waals surface area contributed by atoms with E-state index in [0.29, 0.717) is 13.0 Å². The molecule has 0 aliphatic rings. The van der Waals surface area contributed by atoms with E-state index >= 15 is 0 Å². The van der Waals surface area contributed by atoms with Gasteiger partial charge in [0.05, 0.1) is 6.42 Å². The van der Waals surface area contributed by atoms with Crippen LogP contribution in [0.25, 0.3) is 0 Å². The van der Waals surface area contributed by atoms with Crippen LogP contribution >= 0.6 is 0 Å². The largest absolute Gasteiger partial charge is 0.481 e. The molecule has 1 atom stereocenters. The summed E-state index contributed by atoms with van der Waals surface area (Å²) in [6.07, 6.45) is 0.917. The molecule has 0 saturated heterocycles. The van der Waals surface area contributed by atoms with Crippen molar-refractivity contribution in [3.63, 3.8) is 0 Å². The molecule has 0 saturated carbocycles. The number of carbonyl (C=O) groups excluding carboxylic acids is 1. The van der Waals surface area contributed by atoms with E-state index in [1.54, 1.807) is 12.1 Å². The van der Waals surface area contributed by atoms with Gasteiger partial charge in [0, 0.05) is 13.0 Å². The number of hydrogen-bond donors (Lipinski definition) is 2. The summed E-state index contributed by atoms with van der Waals surface area (Å²) in [6, 6.07) is 5.73. The van der Waals surface area contributed by atoms with Gasteiger partial charge in [0.15, 0.2) is 0 Å². The first-order chi connectivity index (χ1) is 9.01. The maximum atomic E-state index is 12.7. The minimum absolute atomic E-state index is 0.0489. The van der Waals surface area contributed by atoms with Crippen molar-refractivity contribution in [2.75, 3.05) is 6.54 Å². The van der Waals surface area contributed by atoms with Crippen molar-refractivity contribution in [2.45, 2.75) is 26.2 Å². The second-order valence-corrected chi connectivity index (χ2v) is 4.48. The number of halogens is 1. The lowest BCUT2D eigenvalue weighted by Gasteiger charge is -2.13. The van der Waals surface area contributed by atoms with Gasteiger partial charge in [0.2, 0.25) is 5.91 Å². The van der Waals surface area contributed by atoms with Crippen molar-refractivity contribution in [1.29, 1.82) is 0 Å². The average molecular weight is 267 g/mol. The monoisotopic (exact) mass is 267 g/mol. The van der Waals surface area contributed by atoms with Crippen molar-refractivity contribution in [1.82, 2.24) is 5.32 Å². The Kier molecular flexibility index (Phi) is 5.99. The van der Waals surface area contributed by atoms with E-state index in [9.17, 15) is 14.0 Å². The first-order valence-corrected chi connectivity index (χ1v) is 6.24. The van der Waals surface area contributed by atoms with Gasteiger partial charge in [0.25, 0.3) is 0 Å². The number of nitrogens with one attached hydrogen (secondary N) is 1. The lowest BCUT2D eigenvalue weighted by molar-refractivity contribution is -0.138. The number of carboxylic acid groups (broad SMARTS) is 1. The molecule has 2 N–H and O–H groups in total. The highest BCUT2D eigenvalue weighted by atomic mass is 19.1. The molecule has 0 radical (unpaired) electrons. The van der Waals surface area contributed by atoms with Crippen molar-refractivity contribution in [3.05, 3.63) is 35.6 Å². The second kappa shape index (κ2) is 7.51. The van der Waals surface area contributed by atoms with Crippen LogP contribution in [0.15, 0.2) is 24.3 Å². The lowest BCUT2D eigenvalue weighted by Crippen LogP contribution is -2.31. The molecule has 0 aromatic heterocycles. The van der Waals surface area contributed by atoms with Crippen LogP contribution in [0.5, 0.6) is 0 Å². The Morgan fingerprint density at radius 3 is 2.47 bits per heavy atom. The predicted octanol–water partition coefficient (Wildman–Crippen LogP) is 1.99. The summed E-state index contributed by atoms with van der Waals surface area (Å²) in [5.74, 6) is -1.44. The van der Waals surface area contributed by atoms with Crippen LogP contribution in [-0.4, -0.2) is 23.5 Å². The molecule has 0 spiro atoms. The molecule has 1 aromatic carbocycles. The summed E-state index contributed by atoms with van der Waals surface area (Å²) in [5, 5.41) is 11.4. The zero-order chi connectivity index (χ0) is 14.3. The highest BCUT2D eigenvalue weighted by Crippen LogP contribution is 2.07. The van der Waals surface area contributed by atoms with Gasteiger partial charge in [-0.25, -0.2) is 4.39 Å². The summed E-state index contributed by atoms with van der Waals surface area (Å²) in [4.78, 5) is 22.2. The number of rotatable bonds is 7. The molecule has 0 heterocycles. The fourth-order valence-electron chi connectivity index (χ4n) is 1.72. The molecule has 4 nitrogen and oxygen atoms in total. The van der Waals surface area contributed by atoms with E-state index in [1.165, 1.54) is 12.1 Å². The Hall–Kier alpha value is -1.91. The summed E-state index contributed by atoms with van der Waals surface area (Å²) in [7, 11) is 0. The van der Waals surface area contributed by atoms with Gasteiger partial charge in [-0.2, -0.15) is 0 Å². The van der Waals surface area contributed by atoms with Gasteiger partial charge in [-0.05, 0) is 23.6 Å². The van der Waals surface area contributed by atoms with Gasteiger partial charge in [-0.1, -0.05) is 25.5 Å². The maximum absolute atomic E-state index is 12.7. The number of carbonyl (C=O) groups is 2. The maximum Gasteiger partial charge on any atom is 0.303 e. The second-order valence-electron chi connectivity index (χ2n) is 4.48. The van der Waals surface area contributed by atoms with Gasteiger partial charge in [0.1, 0.15) is 5.82 Å². The first kappa shape index (κ1) is 15.1. The Labute approximate surface area is 111 Å². The summed E-state index contributed by atoms with van der Waals surface area (Å²) in [5.41, 5.74) is 0.727. The smallest absolute Gasteiger partial charge is 0.303 e. The minimum Gasteiger partial charge on any atom is -0.481 e. The Morgan fingerprint density at radius 2 is 1.95 bits per heavy atom. The highest BCUT2D eigenvalue weighted by molar-refractivity contribution is 5.78. The zero-order valence-electron chi connectivity index (χ0n) is 10.9. The molecular formula is C14H18FNO3. The van der Waals surface area contributed by atoms with Crippen LogP contribution in [0.3, 0.4) is 0 Å². The van der Waals surface area contributed by atoms with E-state index in [-0.39, 0.29) is 30.5 Å². The van der Waals surface area contributed by atoms with Crippen LogP contribution in [0, 0.1) is 11.7 Å².